The summed E-state index contributed by atoms with van der Waals surface area (Å²) in [4.78, 5) is 0. The van der Waals surface area contributed by atoms with Crippen LogP contribution in [0, 0.1) is 6.92 Å². The van der Waals surface area contributed by atoms with Gasteiger partial charge in [-0.1, -0.05) is 65.4 Å². The van der Waals surface area contributed by atoms with Crippen LogP contribution in [0.4, 0.5) is 0 Å². The van der Waals surface area contributed by atoms with E-state index in [0.29, 0.717) is 0 Å². The minimum Gasteiger partial charge on any atom is -0.384 e. The smallest absolute Gasteiger partial charge is 0.159 e. The summed E-state index contributed by atoms with van der Waals surface area (Å²) in [5.74, 6) is 0. The van der Waals surface area contributed by atoms with Crippen LogP contribution in [-0.4, -0.2) is 24.7 Å². The molecule has 2 aromatic heterocycles. The first kappa shape index (κ1) is 16.7. The number of fused-ring (bicyclic) bond motifs is 2. The number of nitrogens with zero attached hydrogens (tertiary/aromatic N) is 4. The monoisotopic (exact) mass is 368 g/mol. The Balaban J connectivity index is 1.73. The zero-order chi connectivity index (χ0) is 19.1. The van der Waals surface area contributed by atoms with Crippen LogP contribution in [0.15, 0.2) is 85.1 Å². The lowest BCUT2D eigenvalue weighted by atomic mass is 10.0. The molecule has 0 aliphatic carbocycles. The molecule has 0 saturated heterocycles. The van der Waals surface area contributed by atoms with Crippen LogP contribution >= 0.6 is 0 Å². The maximum Gasteiger partial charge on any atom is 0.159 e. The lowest BCUT2D eigenvalue weighted by Crippen LogP contribution is -2.26. The van der Waals surface area contributed by atoms with E-state index in [1.165, 1.54) is 0 Å². The second-order valence-corrected chi connectivity index (χ2v) is 7.07. The highest BCUT2D eigenvalue weighted by Crippen LogP contribution is 2.33. The number of aromatic nitrogens is 4. The Morgan fingerprint density at radius 2 is 1.54 bits per heavy atom. The molecule has 5 nitrogen and oxygen atoms in total. The van der Waals surface area contributed by atoms with E-state index in [1.54, 1.807) is 0 Å². The van der Waals surface area contributed by atoms with E-state index < -0.39 is 12.3 Å². The summed E-state index contributed by atoms with van der Waals surface area (Å²) in [5, 5.41) is 21.3. The minimum atomic E-state index is -0.790. The summed E-state index contributed by atoms with van der Waals surface area (Å²) >= 11 is 0. The first-order valence-electron chi connectivity index (χ1n) is 9.32. The summed E-state index contributed by atoms with van der Waals surface area (Å²) in [5.41, 5.74) is 4.73. The first-order chi connectivity index (χ1) is 13.7. The van der Waals surface area contributed by atoms with Gasteiger partial charge in [0, 0.05) is 11.7 Å². The molecule has 5 rings (SSSR count). The average molecular weight is 368 g/mol. The molecule has 3 aromatic carbocycles. The van der Waals surface area contributed by atoms with E-state index in [0.717, 1.165) is 33.1 Å². The Kier molecular flexibility index (Phi) is 3.95. The molecule has 138 valence electrons. The van der Waals surface area contributed by atoms with E-state index in [9.17, 15) is 5.11 Å². The molecule has 28 heavy (non-hydrogen) atoms. The number of aliphatic hydroxyl groups is 1. The zero-order valence-corrected chi connectivity index (χ0v) is 15.5. The van der Waals surface area contributed by atoms with Gasteiger partial charge in [-0.15, -0.1) is 5.10 Å². The maximum atomic E-state index is 11.4. The van der Waals surface area contributed by atoms with Gasteiger partial charge in [0.1, 0.15) is 11.6 Å². The molecule has 0 amide bonds. The molecule has 2 heterocycles. The Labute approximate surface area is 162 Å². The van der Waals surface area contributed by atoms with Crippen molar-refractivity contribution >= 4 is 21.9 Å². The number of benzene rings is 3. The van der Waals surface area contributed by atoms with Crippen molar-refractivity contribution in [3.63, 3.8) is 0 Å². The summed E-state index contributed by atoms with van der Waals surface area (Å²) in [7, 11) is 0. The number of hydrogen-bond acceptors (Lipinski definition) is 3. The van der Waals surface area contributed by atoms with Crippen molar-refractivity contribution in [1.29, 1.82) is 0 Å². The molecule has 1 N–H and O–H groups in total. The number of aliphatic hydroxyl groups excluding tert-OH is 1. The van der Waals surface area contributed by atoms with E-state index in [1.807, 2.05) is 78.5 Å². The van der Waals surface area contributed by atoms with Crippen molar-refractivity contribution in [2.75, 3.05) is 0 Å². The van der Waals surface area contributed by atoms with Gasteiger partial charge in [0.2, 0.25) is 0 Å². The molecule has 2 unspecified atom stereocenters. The molecule has 0 radical (unpaired) electrons. The van der Waals surface area contributed by atoms with Crippen LogP contribution in [0.3, 0.4) is 0 Å². The molecule has 0 saturated carbocycles. The third kappa shape index (κ3) is 2.68. The molecular weight excluding hydrogens is 348 g/mol. The van der Waals surface area contributed by atoms with Crippen molar-refractivity contribution in [2.45, 2.75) is 19.2 Å². The summed E-state index contributed by atoms with van der Waals surface area (Å²) in [6.07, 6.45) is 0.750. The molecule has 5 heteroatoms. The molecular formula is C23H20N4O. The molecule has 0 bridgehead atoms. The topological polar surface area (TPSA) is 55.9 Å². The second kappa shape index (κ2) is 6.62. The zero-order valence-electron chi connectivity index (χ0n) is 15.5. The molecule has 0 aliphatic heterocycles. The Morgan fingerprint density at radius 3 is 2.36 bits per heavy atom. The molecule has 2 atom stereocenters. The summed E-state index contributed by atoms with van der Waals surface area (Å²) in [6, 6.07) is 26.0. The lowest BCUT2D eigenvalue weighted by Gasteiger charge is -2.26. The van der Waals surface area contributed by atoms with E-state index >= 15 is 0 Å². The van der Waals surface area contributed by atoms with Gasteiger partial charge in [0.05, 0.1) is 5.52 Å². The Bertz CT molecular complexity index is 1180. The molecule has 0 spiro atoms. The van der Waals surface area contributed by atoms with E-state index in [2.05, 4.69) is 33.1 Å². The predicted octanol–water partition coefficient (Wildman–Crippen LogP) is 4.47. The number of para-hydroxylation sites is 2. The maximum absolute atomic E-state index is 11.4. The van der Waals surface area contributed by atoms with Gasteiger partial charge in [-0.2, -0.15) is 0 Å². The predicted molar refractivity (Wildman–Crippen MR) is 110 cm³/mol. The van der Waals surface area contributed by atoms with Crippen LogP contribution in [0.25, 0.3) is 21.9 Å². The van der Waals surface area contributed by atoms with Crippen molar-refractivity contribution in [1.82, 2.24) is 19.6 Å². The second-order valence-electron chi connectivity index (χ2n) is 7.07. The molecule has 0 fully saturated rings. The standard InChI is InChI=1S/C23H20N4O/c1-16-10-12-18(13-11-16)22(28)23(26-15-14-17-6-2-4-8-20(17)26)27-21-9-5-3-7-19(21)24-25-27/h2-15,22-23,28H,1H3. The number of aryl methyl sites for hydroxylation is 1. The minimum absolute atomic E-state index is 0.463. The highest BCUT2D eigenvalue weighted by molar-refractivity contribution is 5.80. The summed E-state index contributed by atoms with van der Waals surface area (Å²) < 4.78 is 3.88. The lowest BCUT2D eigenvalue weighted by molar-refractivity contribution is 0.0935. The SMILES string of the molecule is Cc1ccc(C(O)C(n2ccc3ccccc32)n2nnc3ccccc32)cc1. The van der Waals surface area contributed by atoms with Gasteiger partial charge in [0.15, 0.2) is 6.17 Å². The third-order valence-electron chi connectivity index (χ3n) is 5.24. The fourth-order valence-corrected chi connectivity index (χ4v) is 3.76. The van der Waals surface area contributed by atoms with Crippen molar-refractivity contribution in [2.24, 2.45) is 0 Å². The normalized spacial score (nSPS) is 13.8. The van der Waals surface area contributed by atoms with Gasteiger partial charge in [-0.25, -0.2) is 4.68 Å². The first-order valence-corrected chi connectivity index (χ1v) is 9.32. The highest BCUT2D eigenvalue weighted by Gasteiger charge is 2.28. The Morgan fingerprint density at radius 1 is 0.821 bits per heavy atom. The highest BCUT2D eigenvalue weighted by atomic mass is 16.3. The van der Waals surface area contributed by atoms with Crippen molar-refractivity contribution < 1.29 is 5.11 Å². The molecule has 5 aromatic rings. The van der Waals surface area contributed by atoms with Crippen LogP contribution in [0.5, 0.6) is 0 Å². The fraction of sp³-hybridized carbons (Fsp3) is 0.130. The average Bonchev–Trinajstić information content (AvgIpc) is 3.34. The quantitative estimate of drug-likeness (QED) is 0.509. The van der Waals surface area contributed by atoms with Crippen LogP contribution in [0.1, 0.15) is 23.4 Å². The number of rotatable bonds is 4. The van der Waals surface area contributed by atoms with E-state index in [-0.39, 0.29) is 0 Å². The van der Waals surface area contributed by atoms with Crippen LogP contribution in [0.2, 0.25) is 0 Å². The third-order valence-corrected chi connectivity index (χ3v) is 5.24. The van der Waals surface area contributed by atoms with Gasteiger partial charge >= 0.3 is 0 Å². The number of hydrogen-bond donors (Lipinski definition) is 1. The van der Waals surface area contributed by atoms with Gasteiger partial charge in [0.25, 0.3) is 0 Å². The molecule has 0 aliphatic rings. The van der Waals surface area contributed by atoms with Crippen molar-refractivity contribution in [3.8, 4) is 0 Å². The Hall–Kier alpha value is -3.44. The van der Waals surface area contributed by atoms with E-state index in [4.69, 9.17) is 0 Å². The largest absolute Gasteiger partial charge is 0.384 e. The fourth-order valence-electron chi connectivity index (χ4n) is 3.76. The van der Waals surface area contributed by atoms with Gasteiger partial charge in [-0.05, 0) is 42.1 Å². The van der Waals surface area contributed by atoms with Crippen molar-refractivity contribution in [3.05, 3.63) is 96.2 Å². The van der Waals surface area contributed by atoms with Crippen LogP contribution < -0.4 is 0 Å². The summed E-state index contributed by atoms with van der Waals surface area (Å²) in [6.45, 7) is 2.04. The van der Waals surface area contributed by atoms with Crippen LogP contribution in [-0.2, 0) is 0 Å². The van der Waals surface area contributed by atoms with Gasteiger partial charge < -0.3 is 9.67 Å². The van der Waals surface area contributed by atoms with Gasteiger partial charge in [-0.3, -0.25) is 0 Å².